The molecule has 0 aliphatic carbocycles. The van der Waals surface area contributed by atoms with Crippen LogP contribution in [0.5, 0.6) is 11.6 Å². The van der Waals surface area contributed by atoms with Crippen LogP contribution in [0.3, 0.4) is 0 Å². The van der Waals surface area contributed by atoms with Crippen molar-refractivity contribution < 1.29 is 19.6 Å². The summed E-state index contributed by atoms with van der Waals surface area (Å²) in [5, 5.41) is 26.6. The van der Waals surface area contributed by atoms with E-state index in [1.807, 2.05) is 0 Å². The Balaban J connectivity index is 1.95. The van der Waals surface area contributed by atoms with E-state index in [0.717, 1.165) is 0 Å². The highest BCUT2D eigenvalue weighted by Gasteiger charge is 2.20. The van der Waals surface area contributed by atoms with Gasteiger partial charge >= 0.3 is 11.6 Å². The molecule has 0 spiro atoms. The Morgan fingerprint density at radius 3 is 2.91 bits per heavy atom. The Labute approximate surface area is 125 Å². The third kappa shape index (κ3) is 3.72. The molecule has 0 radical (unpaired) electrons. The number of anilines is 1. The molecule has 0 aliphatic rings. The van der Waals surface area contributed by atoms with Crippen LogP contribution in [0.2, 0.25) is 0 Å². The van der Waals surface area contributed by atoms with Crippen LogP contribution < -0.4 is 10.1 Å². The lowest BCUT2D eigenvalue weighted by Crippen LogP contribution is -2.14. The molecule has 0 aliphatic heterocycles. The summed E-state index contributed by atoms with van der Waals surface area (Å²) >= 11 is 0. The van der Waals surface area contributed by atoms with Crippen molar-refractivity contribution in [3.05, 3.63) is 40.6 Å². The van der Waals surface area contributed by atoms with Gasteiger partial charge in [0.2, 0.25) is 5.91 Å². The summed E-state index contributed by atoms with van der Waals surface area (Å²) in [4.78, 5) is 22.0. The van der Waals surface area contributed by atoms with Gasteiger partial charge in [-0.05, 0) is 12.1 Å². The van der Waals surface area contributed by atoms with Crippen LogP contribution >= 0.6 is 0 Å². The number of hydrogen-bond acceptors (Lipinski definition) is 6. The number of nitrogens with one attached hydrogen (secondary N) is 1. The zero-order valence-corrected chi connectivity index (χ0v) is 11.7. The van der Waals surface area contributed by atoms with E-state index in [2.05, 4.69) is 10.4 Å². The van der Waals surface area contributed by atoms with Crippen LogP contribution in [0, 0.1) is 10.1 Å². The predicted octanol–water partition coefficient (Wildman–Crippen LogP) is 1.53. The topological polar surface area (TPSA) is 120 Å². The van der Waals surface area contributed by atoms with E-state index in [0.29, 0.717) is 5.69 Å². The maximum absolute atomic E-state index is 11.8. The van der Waals surface area contributed by atoms with Gasteiger partial charge in [-0.3, -0.25) is 19.6 Å². The average Bonchev–Trinajstić information content (AvgIpc) is 2.89. The number of aromatic hydroxyl groups is 1. The SMILES string of the molecule is COc1nn(CCC(=O)Nc2cccc(O)c2)cc1[N+](=O)[O-]. The lowest BCUT2D eigenvalue weighted by atomic mass is 10.3. The summed E-state index contributed by atoms with van der Waals surface area (Å²) in [6, 6.07) is 6.15. The van der Waals surface area contributed by atoms with Crippen molar-refractivity contribution in [2.45, 2.75) is 13.0 Å². The van der Waals surface area contributed by atoms with Crippen LogP contribution in [0.1, 0.15) is 6.42 Å². The molecule has 9 heteroatoms. The quantitative estimate of drug-likeness (QED) is 0.617. The van der Waals surface area contributed by atoms with Gasteiger partial charge in [0.05, 0.1) is 18.6 Å². The Hall–Kier alpha value is -3.10. The number of rotatable bonds is 6. The van der Waals surface area contributed by atoms with E-state index in [9.17, 15) is 20.0 Å². The van der Waals surface area contributed by atoms with Gasteiger partial charge in [-0.25, -0.2) is 0 Å². The smallest absolute Gasteiger partial charge is 0.350 e. The molecule has 22 heavy (non-hydrogen) atoms. The monoisotopic (exact) mass is 306 g/mol. The molecule has 2 N–H and O–H groups in total. The van der Waals surface area contributed by atoms with Crippen molar-refractivity contribution >= 4 is 17.3 Å². The van der Waals surface area contributed by atoms with Gasteiger partial charge in [0, 0.05) is 18.2 Å². The number of amides is 1. The fourth-order valence-corrected chi connectivity index (χ4v) is 1.80. The first-order valence-corrected chi connectivity index (χ1v) is 6.34. The Morgan fingerprint density at radius 1 is 1.55 bits per heavy atom. The van der Waals surface area contributed by atoms with Crippen LogP contribution in [0.15, 0.2) is 30.5 Å². The zero-order chi connectivity index (χ0) is 16.1. The molecule has 0 bridgehead atoms. The van der Waals surface area contributed by atoms with E-state index in [1.54, 1.807) is 12.1 Å². The summed E-state index contributed by atoms with van der Waals surface area (Å²) in [5.74, 6) is -0.355. The maximum Gasteiger partial charge on any atom is 0.350 e. The minimum absolute atomic E-state index is 0.0465. The van der Waals surface area contributed by atoms with Crippen molar-refractivity contribution in [1.29, 1.82) is 0 Å². The van der Waals surface area contributed by atoms with Gasteiger partial charge in [-0.15, -0.1) is 5.10 Å². The van der Waals surface area contributed by atoms with Crippen molar-refractivity contribution in [1.82, 2.24) is 9.78 Å². The molecule has 0 unspecified atom stereocenters. The van der Waals surface area contributed by atoms with E-state index >= 15 is 0 Å². The number of carbonyl (C=O) groups excluding carboxylic acids is 1. The van der Waals surface area contributed by atoms with Crippen LogP contribution in [0.25, 0.3) is 0 Å². The van der Waals surface area contributed by atoms with Crippen molar-refractivity contribution in [3.63, 3.8) is 0 Å². The number of phenols is 1. The summed E-state index contributed by atoms with van der Waals surface area (Å²) in [7, 11) is 1.29. The molecular weight excluding hydrogens is 292 g/mol. The fourth-order valence-electron chi connectivity index (χ4n) is 1.80. The molecule has 2 rings (SSSR count). The summed E-state index contributed by atoms with van der Waals surface area (Å²) in [6.07, 6.45) is 1.28. The Kier molecular flexibility index (Phi) is 4.57. The lowest BCUT2D eigenvalue weighted by Gasteiger charge is -2.05. The fraction of sp³-hybridized carbons (Fsp3) is 0.231. The number of hydrogen-bond donors (Lipinski definition) is 2. The lowest BCUT2D eigenvalue weighted by molar-refractivity contribution is -0.385. The van der Waals surface area contributed by atoms with Gasteiger partial charge in [-0.2, -0.15) is 0 Å². The van der Waals surface area contributed by atoms with Gasteiger partial charge in [0.25, 0.3) is 0 Å². The molecular formula is C13H14N4O5. The molecule has 1 aromatic carbocycles. The second-order valence-electron chi connectivity index (χ2n) is 4.39. The number of ether oxygens (including phenoxy) is 1. The van der Waals surface area contributed by atoms with Crippen molar-refractivity contribution in [3.8, 4) is 11.6 Å². The third-order valence-corrected chi connectivity index (χ3v) is 2.80. The van der Waals surface area contributed by atoms with E-state index in [-0.39, 0.29) is 36.2 Å². The first-order chi connectivity index (χ1) is 10.5. The number of aryl methyl sites for hydroxylation is 1. The Bertz CT molecular complexity index is 697. The van der Waals surface area contributed by atoms with Crippen LogP contribution in [-0.4, -0.2) is 32.8 Å². The number of nitrogens with zero attached hydrogens (tertiary/aromatic N) is 3. The van der Waals surface area contributed by atoms with Crippen LogP contribution in [0.4, 0.5) is 11.4 Å². The number of benzene rings is 1. The van der Waals surface area contributed by atoms with Crippen molar-refractivity contribution in [2.75, 3.05) is 12.4 Å². The molecule has 1 heterocycles. The number of nitro groups is 1. The van der Waals surface area contributed by atoms with Crippen LogP contribution in [-0.2, 0) is 11.3 Å². The van der Waals surface area contributed by atoms with E-state index in [4.69, 9.17) is 4.74 Å². The maximum atomic E-state index is 11.8. The molecule has 116 valence electrons. The molecule has 1 aromatic heterocycles. The first-order valence-electron chi connectivity index (χ1n) is 6.34. The van der Waals surface area contributed by atoms with Gasteiger partial charge in [0.1, 0.15) is 11.9 Å². The molecule has 0 atom stereocenters. The molecule has 9 nitrogen and oxygen atoms in total. The van der Waals surface area contributed by atoms with Crippen molar-refractivity contribution in [2.24, 2.45) is 0 Å². The summed E-state index contributed by atoms with van der Waals surface area (Å²) in [6.45, 7) is 0.162. The second-order valence-corrected chi connectivity index (χ2v) is 4.39. The standard InChI is InChI=1S/C13H14N4O5/c1-22-13-11(17(20)21)8-16(15-13)6-5-12(19)14-9-3-2-4-10(18)7-9/h2-4,7-8,18H,5-6H2,1H3,(H,14,19). The first kappa shape index (κ1) is 15.3. The highest BCUT2D eigenvalue weighted by Crippen LogP contribution is 2.24. The molecule has 0 saturated carbocycles. The minimum Gasteiger partial charge on any atom is -0.508 e. The molecule has 0 saturated heterocycles. The van der Waals surface area contributed by atoms with Gasteiger partial charge in [-0.1, -0.05) is 6.07 Å². The normalized spacial score (nSPS) is 10.2. The second kappa shape index (κ2) is 6.57. The van der Waals surface area contributed by atoms with E-state index < -0.39 is 4.92 Å². The third-order valence-electron chi connectivity index (χ3n) is 2.80. The Morgan fingerprint density at radius 2 is 2.32 bits per heavy atom. The predicted molar refractivity (Wildman–Crippen MR) is 76.8 cm³/mol. The highest BCUT2D eigenvalue weighted by molar-refractivity contribution is 5.90. The number of methoxy groups -OCH3 is 1. The number of phenolic OH excluding ortho intramolecular Hbond substituents is 1. The summed E-state index contributed by atoms with van der Waals surface area (Å²) in [5.41, 5.74) is 0.213. The van der Waals surface area contributed by atoms with Gasteiger partial charge < -0.3 is 15.2 Å². The molecule has 1 amide bonds. The largest absolute Gasteiger partial charge is 0.508 e. The minimum atomic E-state index is -0.602. The van der Waals surface area contributed by atoms with E-state index in [1.165, 1.54) is 30.1 Å². The number of carbonyl (C=O) groups is 1. The average molecular weight is 306 g/mol. The zero-order valence-electron chi connectivity index (χ0n) is 11.7. The highest BCUT2D eigenvalue weighted by atomic mass is 16.6. The van der Waals surface area contributed by atoms with Gasteiger partial charge in [0.15, 0.2) is 0 Å². The number of aromatic nitrogens is 2. The summed E-state index contributed by atoms with van der Waals surface area (Å²) < 4.78 is 6.08. The molecule has 2 aromatic rings. The molecule has 0 fully saturated rings.